The molecule has 7 nitrogen and oxygen atoms in total. The van der Waals surface area contributed by atoms with Gasteiger partial charge in [-0.3, -0.25) is 19.7 Å². The Morgan fingerprint density at radius 3 is 2.56 bits per heavy atom. The Kier molecular flexibility index (Phi) is 4.94. The van der Waals surface area contributed by atoms with Crippen molar-refractivity contribution in [3.63, 3.8) is 0 Å². The van der Waals surface area contributed by atoms with Gasteiger partial charge in [0.25, 0.3) is 5.69 Å². The van der Waals surface area contributed by atoms with Gasteiger partial charge in [0.05, 0.1) is 10.8 Å². The normalized spacial score (nSPS) is 16.5. The maximum absolute atomic E-state index is 12.6. The third-order valence-corrected chi connectivity index (χ3v) is 4.82. The molecule has 2 aromatic carbocycles. The molecule has 0 saturated carbocycles. The highest BCUT2D eigenvalue weighted by Crippen LogP contribution is 2.30. The molecule has 27 heavy (non-hydrogen) atoms. The average Bonchev–Trinajstić information content (AvgIpc) is 3.00. The minimum absolute atomic E-state index is 0.0488. The third kappa shape index (κ3) is 3.81. The first-order valence-electron chi connectivity index (χ1n) is 8.70. The van der Waals surface area contributed by atoms with Gasteiger partial charge in [-0.05, 0) is 44.0 Å². The molecular formula is C20H21N3O4. The summed E-state index contributed by atoms with van der Waals surface area (Å²) in [5, 5.41) is 13.8. The minimum atomic E-state index is -0.502. The number of rotatable bonds is 4. The van der Waals surface area contributed by atoms with Gasteiger partial charge in [0.15, 0.2) is 0 Å². The number of nitrogens with zero attached hydrogens (tertiary/aromatic N) is 2. The summed E-state index contributed by atoms with van der Waals surface area (Å²) in [6.07, 6.45) is 0.118. The Bertz CT molecular complexity index is 939. The number of nitrogens with one attached hydrogen (secondary N) is 1. The molecule has 1 saturated heterocycles. The van der Waals surface area contributed by atoms with Crippen LogP contribution in [0.25, 0.3) is 0 Å². The summed E-state index contributed by atoms with van der Waals surface area (Å²) < 4.78 is 0. The van der Waals surface area contributed by atoms with Crippen molar-refractivity contribution in [3.8, 4) is 0 Å². The molecule has 1 aliphatic rings. The van der Waals surface area contributed by atoms with Gasteiger partial charge in [-0.1, -0.05) is 18.2 Å². The van der Waals surface area contributed by atoms with Gasteiger partial charge in [0.1, 0.15) is 0 Å². The standard InChI is InChI=1S/C20H21N3O4/c1-12-4-5-13(2)17(8-12)22-11-15(9-19(22)24)20(25)21-16-7-6-14(3)18(10-16)23(26)27/h4-8,10,15H,9,11H2,1-3H3,(H,21,25)/t15-/m0/s1. The Morgan fingerprint density at radius 2 is 1.85 bits per heavy atom. The van der Waals surface area contributed by atoms with Crippen molar-refractivity contribution in [1.82, 2.24) is 0 Å². The lowest BCUT2D eigenvalue weighted by atomic mass is 10.1. The number of benzene rings is 2. The number of nitro benzene ring substituents is 1. The molecule has 0 unspecified atom stereocenters. The lowest BCUT2D eigenvalue weighted by molar-refractivity contribution is -0.385. The molecule has 1 aliphatic heterocycles. The first-order valence-corrected chi connectivity index (χ1v) is 8.70. The van der Waals surface area contributed by atoms with E-state index in [1.54, 1.807) is 24.0 Å². The van der Waals surface area contributed by atoms with Crippen molar-refractivity contribution in [2.45, 2.75) is 27.2 Å². The van der Waals surface area contributed by atoms with E-state index in [9.17, 15) is 19.7 Å². The first kappa shape index (κ1) is 18.6. The predicted octanol–water partition coefficient (Wildman–Crippen LogP) is 3.51. The van der Waals surface area contributed by atoms with Crippen molar-refractivity contribution >= 4 is 28.9 Å². The van der Waals surface area contributed by atoms with Crippen LogP contribution in [-0.2, 0) is 9.59 Å². The van der Waals surface area contributed by atoms with E-state index in [1.165, 1.54) is 6.07 Å². The van der Waals surface area contributed by atoms with Gasteiger partial charge < -0.3 is 10.2 Å². The molecule has 1 atom stereocenters. The summed E-state index contributed by atoms with van der Waals surface area (Å²) in [4.78, 5) is 37.3. The lowest BCUT2D eigenvalue weighted by Crippen LogP contribution is -2.28. The summed E-state index contributed by atoms with van der Waals surface area (Å²) in [5.41, 5.74) is 3.67. The van der Waals surface area contributed by atoms with Crippen LogP contribution in [0, 0.1) is 36.8 Å². The van der Waals surface area contributed by atoms with Crippen LogP contribution in [0.3, 0.4) is 0 Å². The molecule has 0 aliphatic carbocycles. The zero-order chi connectivity index (χ0) is 19.7. The molecule has 0 bridgehead atoms. The van der Waals surface area contributed by atoms with Crippen LogP contribution in [0.15, 0.2) is 36.4 Å². The zero-order valence-electron chi connectivity index (χ0n) is 15.5. The summed E-state index contributed by atoms with van der Waals surface area (Å²) in [5.74, 6) is -0.911. The fraction of sp³-hybridized carbons (Fsp3) is 0.300. The van der Waals surface area contributed by atoms with Crippen molar-refractivity contribution in [1.29, 1.82) is 0 Å². The topological polar surface area (TPSA) is 92.6 Å². The Labute approximate surface area is 157 Å². The summed E-state index contributed by atoms with van der Waals surface area (Å²) in [6.45, 7) is 5.82. The van der Waals surface area contributed by atoms with E-state index in [1.807, 2.05) is 32.0 Å². The molecule has 1 fully saturated rings. The summed E-state index contributed by atoms with van der Waals surface area (Å²) >= 11 is 0. The molecule has 2 amide bonds. The van der Waals surface area contributed by atoms with Crippen molar-refractivity contribution in [3.05, 3.63) is 63.2 Å². The molecule has 1 N–H and O–H groups in total. The van der Waals surface area contributed by atoms with Gasteiger partial charge in [-0.2, -0.15) is 0 Å². The smallest absolute Gasteiger partial charge is 0.274 e. The monoisotopic (exact) mass is 367 g/mol. The molecule has 7 heteroatoms. The van der Waals surface area contributed by atoms with Crippen LogP contribution in [-0.4, -0.2) is 23.3 Å². The number of aryl methyl sites for hydroxylation is 3. The second kappa shape index (κ2) is 7.19. The fourth-order valence-corrected chi connectivity index (χ4v) is 3.25. The summed E-state index contributed by atoms with van der Waals surface area (Å²) in [7, 11) is 0. The van der Waals surface area contributed by atoms with Gasteiger partial charge in [0, 0.05) is 36.0 Å². The van der Waals surface area contributed by atoms with E-state index in [-0.39, 0.29) is 23.9 Å². The first-order chi connectivity index (χ1) is 12.8. The lowest BCUT2D eigenvalue weighted by Gasteiger charge is -2.19. The molecule has 3 rings (SSSR count). The fourth-order valence-electron chi connectivity index (χ4n) is 3.25. The maximum Gasteiger partial charge on any atom is 0.274 e. The number of hydrogen-bond acceptors (Lipinski definition) is 4. The number of anilines is 2. The van der Waals surface area contributed by atoms with E-state index in [4.69, 9.17) is 0 Å². The van der Waals surface area contributed by atoms with Crippen LogP contribution in [0.1, 0.15) is 23.1 Å². The van der Waals surface area contributed by atoms with E-state index in [2.05, 4.69) is 5.32 Å². The SMILES string of the molecule is Cc1ccc(C)c(N2C[C@@H](C(=O)Nc3ccc(C)c([N+](=O)[O-])c3)CC2=O)c1. The van der Waals surface area contributed by atoms with Crippen LogP contribution in [0.2, 0.25) is 0 Å². The van der Waals surface area contributed by atoms with Gasteiger partial charge in [-0.25, -0.2) is 0 Å². The van der Waals surface area contributed by atoms with Crippen LogP contribution < -0.4 is 10.2 Å². The second-order valence-electron chi connectivity index (χ2n) is 6.94. The molecular weight excluding hydrogens is 346 g/mol. The number of carbonyl (C=O) groups excluding carboxylic acids is 2. The third-order valence-electron chi connectivity index (χ3n) is 4.82. The highest BCUT2D eigenvalue weighted by Gasteiger charge is 2.35. The molecule has 0 aromatic heterocycles. The van der Waals surface area contributed by atoms with Gasteiger partial charge >= 0.3 is 0 Å². The maximum atomic E-state index is 12.6. The number of nitro groups is 1. The van der Waals surface area contributed by atoms with Crippen molar-refractivity contribution in [2.75, 3.05) is 16.8 Å². The van der Waals surface area contributed by atoms with Crippen LogP contribution in [0.4, 0.5) is 17.1 Å². The zero-order valence-corrected chi connectivity index (χ0v) is 15.5. The molecule has 0 radical (unpaired) electrons. The highest BCUT2D eigenvalue weighted by atomic mass is 16.6. The minimum Gasteiger partial charge on any atom is -0.326 e. The van der Waals surface area contributed by atoms with Crippen LogP contribution >= 0.6 is 0 Å². The van der Waals surface area contributed by atoms with E-state index < -0.39 is 10.8 Å². The second-order valence-corrected chi connectivity index (χ2v) is 6.94. The van der Waals surface area contributed by atoms with E-state index in [0.717, 1.165) is 16.8 Å². The molecule has 2 aromatic rings. The molecule has 140 valence electrons. The summed E-state index contributed by atoms with van der Waals surface area (Å²) in [6, 6.07) is 10.4. The van der Waals surface area contributed by atoms with Crippen molar-refractivity contribution in [2.24, 2.45) is 5.92 Å². The largest absolute Gasteiger partial charge is 0.326 e. The van der Waals surface area contributed by atoms with Gasteiger partial charge in [-0.15, -0.1) is 0 Å². The average molecular weight is 367 g/mol. The van der Waals surface area contributed by atoms with Crippen molar-refractivity contribution < 1.29 is 14.5 Å². The Balaban J connectivity index is 1.75. The number of amides is 2. The Morgan fingerprint density at radius 1 is 1.15 bits per heavy atom. The van der Waals surface area contributed by atoms with Crippen LogP contribution in [0.5, 0.6) is 0 Å². The number of carbonyl (C=O) groups is 2. The van der Waals surface area contributed by atoms with E-state index >= 15 is 0 Å². The molecule has 0 spiro atoms. The van der Waals surface area contributed by atoms with Gasteiger partial charge in [0.2, 0.25) is 11.8 Å². The quantitative estimate of drug-likeness (QED) is 0.661. The Hall–Kier alpha value is -3.22. The number of hydrogen-bond donors (Lipinski definition) is 1. The highest BCUT2D eigenvalue weighted by molar-refractivity contribution is 6.04. The van der Waals surface area contributed by atoms with E-state index in [0.29, 0.717) is 17.8 Å². The molecule has 1 heterocycles. The predicted molar refractivity (Wildman–Crippen MR) is 103 cm³/mol.